The van der Waals surface area contributed by atoms with Gasteiger partial charge in [0.15, 0.2) is 5.78 Å². The fraction of sp³-hybridized carbons (Fsp3) is 0.235. The maximum Gasteiger partial charge on any atom is 0.204 e. The van der Waals surface area contributed by atoms with Crippen LogP contribution in [0.1, 0.15) is 27.0 Å². The summed E-state index contributed by atoms with van der Waals surface area (Å²) in [7, 11) is 0. The lowest BCUT2D eigenvalue weighted by Crippen LogP contribution is -2.47. The van der Waals surface area contributed by atoms with Crippen molar-refractivity contribution in [3.8, 4) is 0 Å². The van der Waals surface area contributed by atoms with Crippen molar-refractivity contribution in [1.29, 1.82) is 0 Å². The van der Waals surface area contributed by atoms with Gasteiger partial charge in [0.05, 0.1) is 5.41 Å². The summed E-state index contributed by atoms with van der Waals surface area (Å²) in [6.45, 7) is 0. The fourth-order valence-electron chi connectivity index (χ4n) is 3.70. The number of hydrogen-bond acceptors (Lipinski definition) is 3. The first-order valence-corrected chi connectivity index (χ1v) is 6.72. The number of Topliss-reactive ketones (excluding diaryl/α,β-unsaturated/α-hetero) is 1. The quantitative estimate of drug-likeness (QED) is 0.715. The second-order valence-electron chi connectivity index (χ2n) is 5.75. The zero-order valence-corrected chi connectivity index (χ0v) is 10.8. The average molecular weight is 266 g/mol. The van der Waals surface area contributed by atoms with Crippen molar-refractivity contribution in [3.05, 3.63) is 70.8 Å². The highest BCUT2D eigenvalue weighted by Gasteiger charge is 2.63. The molecule has 2 N–H and O–H groups in total. The molecule has 0 radical (unpaired) electrons. The van der Waals surface area contributed by atoms with Gasteiger partial charge in [-0.05, 0) is 24.0 Å². The Bertz CT molecular complexity index is 729. The molecule has 0 saturated carbocycles. The molecule has 1 spiro atoms. The first-order chi connectivity index (χ1) is 9.56. The van der Waals surface area contributed by atoms with Gasteiger partial charge >= 0.3 is 0 Å². The highest BCUT2D eigenvalue weighted by Crippen LogP contribution is 2.55. The van der Waals surface area contributed by atoms with Crippen LogP contribution in [0.5, 0.6) is 0 Å². The van der Waals surface area contributed by atoms with E-state index >= 15 is 0 Å². The van der Waals surface area contributed by atoms with E-state index in [0.717, 1.165) is 11.1 Å². The molecule has 0 aromatic heterocycles. The second kappa shape index (κ2) is 3.57. The Balaban J connectivity index is 1.92. The van der Waals surface area contributed by atoms with Gasteiger partial charge in [0.1, 0.15) is 0 Å². The van der Waals surface area contributed by atoms with Crippen LogP contribution >= 0.6 is 0 Å². The number of benzene rings is 2. The summed E-state index contributed by atoms with van der Waals surface area (Å²) in [5, 5.41) is 21.3. The third kappa shape index (κ3) is 1.20. The van der Waals surface area contributed by atoms with Gasteiger partial charge in [-0.3, -0.25) is 4.79 Å². The molecule has 3 heteroatoms. The van der Waals surface area contributed by atoms with Crippen LogP contribution in [0.4, 0.5) is 0 Å². The SMILES string of the molecule is O=C1c2ccccc2CC12Cc1ccccc1C2(O)O. The molecular weight excluding hydrogens is 252 g/mol. The number of hydrogen-bond donors (Lipinski definition) is 2. The number of ketones is 1. The Hall–Kier alpha value is -1.97. The molecule has 2 aliphatic carbocycles. The van der Waals surface area contributed by atoms with E-state index in [-0.39, 0.29) is 5.78 Å². The maximum atomic E-state index is 12.8. The van der Waals surface area contributed by atoms with Gasteiger partial charge in [0.25, 0.3) is 0 Å². The van der Waals surface area contributed by atoms with Gasteiger partial charge in [-0.15, -0.1) is 0 Å². The van der Waals surface area contributed by atoms with Gasteiger partial charge in [0, 0.05) is 11.1 Å². The summed E-state index contributed by atoms with van der Waals surface area (Å²) in [4.78, 5) is 12.8. The predicted octanol–water partition coefficient (Wildman–Crippen LogP) is 1.81. The van der Waals surface area contributed by atoms with Crippen molar-refractivity contribution >= 4 is 5.78 Å². The fourth-order valence-corrected chi connectivity index (χ4v) is 3.70. The maximum absolute atomic E-state index is 12.8. The lowest BCUT2D eigenvalue weighted by Gasteiger charge is -2.33. The molecule has 0 bridgehead atoms. The summed E-state index contributed by atoms with van der Waals surface area (Å²) in [5.74, 6) is -2.26. The zero-order chi connectivity index (χ0) is 14.0. The van der Waals surface area contributed by atoms with Crippen LogP contribution < -0.4 is 0 Å². The van der Waals surface area contributed by atoms with Crippen LogP contribution in [0.3, 0.4) is 0 Å². The molecule has 20 heavy (non-hydrogen) atoms. The molecule has 2 aliphatic rings. The minimum absolute atomic E-state index is 0.158. The number of carbonyl (C=O) groups is 1. The minimum atomic E-state index is -2.10. The van der Waals surface area contributed by atoms with E-state index < -0.39 is 11.2 Å². The van der Waals surface area contributed by atoms with Gasteiger partial charge in [0.2, 0.25) is 5.79 Å². The van der Waals surface area contributed by atoms with Gasteiger partial charge in [-0.25, -0.2) is 0 Å². The summed E-state index contributed by atoms with van der Waals surface area (Å²) >= 11 is 0. The average Bonchev–Trinajstić information content (AvgIpc) is 2.86. The molecule has 0 heterocycles. The Morgan fingerprint density at radius 1 is 0.850 bits per heavy atom. The van der Waals surface area contributed by atoms with Crippen molar-refractivity contribution < 1.29 is 15.0 Å². The van der Waals surface area contributed by atoms with E-state index in [1.54, 1.807) is 18.2 Å². The van der Waals surface area contributed by atoms with E-state index in [9.17, 15) is 15.0 Å². The standard InChI is InChI=1S/C17H14O3/c18-15-13-7-3-1-5-11(13)9-16(15)10-12-6-2-4-8-14(12)17(16,19)20/h1-8,19-20H,9-10H2. The molecule has 4 rings (SSSR count). The van der Waals surface area contributed by atoms with E-state index in [2.05, 4.69) is 0 Å². The topological polar surface area (TPSA) is 57.5 Å². The molecule has 0 fully saturated rings. The predicted molar refractivity (Wildman–Crippen MR) is 73.2 cm³/mol. The summed E-state index contributed by atoms with van der Waals surface area (Å²) in [5.41, 5.74) is 1.66. The van der Waals surface area contributed by atoms with Crippen LogP contribution in [-0.2, 0) is 18.6 Å². The first kappa shape index (κ1) is 11.8. The Morgan fingerprint density at radius 2 is 1.45 bits per heavy atom. The lowest BCUT2D eigenvalue weighted by molar-refractivity contribution is -0.224. The van der Waals surface area contributed by atoms with Gasteiger partial charge in [-0.2, -0.15) is 0 Å². The number of rotatable bonds is 0. The molecule has 1 atom stereocenters. The molecule has 1 unspecified atom stereocenters. The van der Waals surface area contributed by atoms with Crippen molar-refractivity contribution in [3.63, 3.8) is 0 Å². The molecule has 0 aliphatic heterocycles. The molecular formula is C17H14O3. The molecule has 100 valence electrons. The minimum Gasteiger partial charge on any atom is -0.361 e. The molecule has 0 saturated heterocycles. The van der Waals surface area contributed by atoms with Crippen LogP contribution in [0.15, 0.2) is 48.5 Å². The number of fused-ring (bicyclic) bond motifs is 2. The number of carbonyl (C=O) groups excluding carboxylic acids is 1. The zero-order valence-electron chi connectivity index (χ0n) is 10.8. The third-order valence-corrected chi connectivity index (χ3v) is 4.74. The molecule has 3 nitrogen and oxygen atoms in total. The Morgan fingerprint density at radius 3 is 2.15 bits per heavy atom. The van der Waals surface area contributed by atoms with Gasteiger partial charge in [-0.1, -0.05) is 48.5 Å². The highest BCUT2D eigenvalue weighted by molar-refractivity contribution is 6.06. The van der Waals surface area contributed by atoms with E-state index in [1.807, 2.05) is 30.3 Å². The number of aliphatic hydroxyl groups is 2. The summed E-state index contributed by atoms with van der Waals surface area (Å²) < 4.78 is 0. The molecule has 2 aromatic rings. The third-order valence-electron chi connectivity index (χ3n) is 4.74. The van der Waals surface area contributed by atoms with Crippen LogP contribution in [0, 0.1) is 5.41 Å². The Kier molecular flexibility index (Phi) is 2.11. The second-order valence-corrected chi connectivity index (χ2v) is 5.75. The van der Waals surface area contributed by atoms with Crippen molar-refractivity contribution in [2.75, 3.05) is 0 Å². The normalized spacial score (nSPS) is 25.8. The summed E-state index contributed by atoms with van der Waals surface area (Å²) in [6, 6.07) is 14.5. The summed E-state index contributed by atoms with van der Waals surface area (Å²) in [6.07, 6.45) is 0.757. The van der Waals surface area contributed by atoms with E-state index in [4.69, 9.17) is 0 Å². The van der Waals surface area contributed by atoms with Crippen LogP contribution in [0.25, 0.3) is 0 Å². The van der Waals surface area contributed by atoms with Crippen molar-refractivity contribution in [1.82, 2.24) is 0 Å². The van der Waals surface area contributed by atoms with Crippen molar-refractivity contribution in [2.24, 2.45) is 5.41 Å². The highest BCUT2D eigenvalue weighted by atomic mass is 16.5. The first-order valence-electron chi connectivity index (χ1n) is 6.72. The van der Waals surface area contributed by atoms with E-state index in [1.165, 1.54) is 0 Å². The smallest absolute Gasteiger partial charge is 0.204 e. The molecule has 0 amide bonds. The van der Waals surface area contributed by atoms with Crippen LogP contribution in [-0.4, -0.2) is 16.0 Å². The van der Waals surface area contributed by atoms with Crippen LogP contribution in [0.2, 0.25) is 0 Å². The monoisotopic (exact) mass is 266 g/mol. The lowest BCUT2D eigenvalue weighted by atomic mass is 9.76. The molecule has 2 aromatic carbocycles. The Labute approximate surface area is 116 Å². The van der Waals surface area contributed by atoms with Crippen molar-refractivity contribution in [2.45, 2.75) is 18.6 Å². The van der Waals surface area contributed by atoms with E-state index in [0.29, 0.717) is 24.0 Å². The van der Waals surface area contributed by atoms with Gasteiger partial charge < -0.3 is 10.2 Å². The largest absolute Gasteiger partial charge is 0.361 e.